The molecular weight excluding hydrogens is 236 g/mol. The minimum absolute atomic E-state index is 0.162. The Morgan fingerprint density at radius 3 is 2.63 bits per heavy atom. The Morgan fingerprint density at radius 2 is 2.00 bits per heavy atom. The zero-order valence-corrected chi connectivity index (χ0v) is 12.5. The van der Waals surface area contributed by atoms with Gasteiger partial charge < -0.3 is 9.84 Å². The summed E-state index contributed by atoms with van der Waals surface area (Å²) in [6, 6.07) is 7.97. The van der Waals surface area contributed by atoms with Crippen LogP contribution in [0.1, 0.15) is 52.5 Å². The fraction of sp³-hybridized carbons (Fsp3) is 0.647. The zero-order chi connectivity index (χ0) is 14.0. The van der Waals surface area contributed by atoms with Gasteiger partial charge in [-0.15, -0.1) is 0 Å². The smallest absolute Gasteiger partial charge is 0.120 e. The molecule has 1 saturated carbocycles. The Hall–Kier alpha value is -1.02. The van der Waals surface area contributed by atoms with Crippen molar-refractivity contribution in [3.63, 3.8) is 0 Å². The minimum atomic E-state index is -0.678. The molecular formula is C17H26O2. The highest BCUT2D eigenvalue weighted by Crippen LogP contribution is 2.43. The molecule has 0 heterocycles. The van der Waals surface area contributed by atoms with Gasteiger partial charge in [-0.05, 0) is 62.6 Å². The van der Waals surface area contributed by atoms with E-state index in [-0.39, 0.29) is 6.10 Å². The summed E-state index contributed by atoms with van der Waals surface area (Å²) in [7, 11) is 0. The lowest BCUT2D eigenvalue weighted by Crippen LogP contribution is -2.35. The second kappa shape index (κ2) is 5.54. The van der Waals surface area contributed by atoms with Crippen molar-refractivity contribution < 1.29 is 9.84 Å². The van der Waals surface area contributed by atoms with Crippen LogP contribution in [0.15, 0.2) is 24.3 Å². The van der Waals surface area contributed by atoms with E-state index in [1.807, 2.05) is 38.1 Å². The van der Waals surface area contributed by atoms with Gasteiger partial charge in [0.05, 0.1) is 11.7 Å². The van der Waals surface area contributed by atoms with E-state index in [0.29, 0.717) is 11.8 Å². The molecule has 2 heteroatoms. The summed E-state index contributed by atoms with van der Waals surface area (Å²) in [5, 5.41) is 10.9. The topological polar surface area (TPSA) is 29.5 Å². The molecule has 1 aliphatic carbocycles. The summed E-state index contributed by atoms with van der Waals surface area (Å²) in [6.45, 7) is 8.56. The largest absolute Gasteiger partial charge is 0.491 e. The lowest BCUT2D eigenvalue weighted by atomic mass is 9.70. The summed E-state index contributed by atoms with van der Waals surface area (Å²) >= 11 is 0. The summed E-state index contributed by atoms with van der Waals surface area (Å²) in [4.78, 5) is 0. The van der Waals surface area contributed by atoms with Crippen molar-refractivity contribution in [1.29, 1.82) is 0 Å². The van der Waals surface area contributed by atoms with E-state index in [0.717, 1.165) is 30.6 Å². The Labute approximate surface area is 116 Å². The van der Waals surface area contributed by atoms with Crippen LogP contribution in [0, 0.1) is 11.8 Å². The van der Waals surface area contributed by atoms with Crippen LogP contribution >= 0.6 is 0 Å². The Bertz CT molecular complexity index is 427. The van der Waals surface area contributed by atoms with Gasteiger partial charge in [-0.25, -0.2) is 0 Å². The van der Waals surface area contributed by atoms with E-state index in [4.69, 9.17) is 4.74 Å². The van der Waals surface area contributed by atoms with E-state index in [9.17, 15) is 5.11 Å². The van der Waals surface area contributed by atoms with Gasteiger partial charge >= 0.3 is 0 Å². The SMILES string of the molecule is CC(C)Oc1cccc(C2(O)CCC(C)C(C)C2)c1. The molecule has 2 nitrogen and oxygen atoms in total. The number of hydrogen-bond donors (Lipinski definition) is 1. The van der Waals surface area contributed by atoms with Crippen molar-refractivity contribution in [1.82, 2.24) is 0 Å². The lowest BCUT2D eigenvalue weighted by molar-refractivity contribution is -0.0338. The minimum Gasteiger partial charge on any atom is -0.491 e. The van der Waals surface area contributed by atoms with Crippen molar-refractivity contribution in [3.8, 4) is 5.75 Å². The highest BCUT2D eigenvalue weighted by Gasteiger charge is 2.37. The van der Waals surface area contributed by atoms with Crippen molar-refractivity contribution in [2.24, 2.45) is 11.8 Å². The Balaban J connectivity index is 2.21. The van der Waals surface area contributed by atoms with Gasteiger partial charge in [0, 0.05) is 0 Å². The van der Waals surface area contributed by atoms with Crippen LogP contribution in [0.3, 0.4) is 0 Å². The highest BCUT2D eigenvalue weighted by atomic mass is 16.5. The van der Waals surface area contributed by atoms with Gasteiger partial charge in [-0.3, -0.25) is 0 Å². The van der Waals surface area contributed by atoms with Crippen molar-refractivity contribution >= 4 is 0 Å². The predicted molar refractivity (Wildman–Crippen MR) is 78.3 cm³/mol. The standard InChI is InChI=1S/C17H26O2/c1-12(2)19-16-7-5-6-15(10-16)17(18)9-8-13(3)14(4)11-17/h5-7,10,12-14,18H,8-9,11H2,1-4H3. The number of benzene rings is 1. The van der Waals surface area contributed by atoms with Crippen LogP contribution in [-0.4, -0.2) is 11.2 Å². The average Bonchev–Trinajstić information content (AvgIpc) is 2.34. The molecule has 1 fully saturated rings. The molecule has 106 valence electrons. The number of ether oxygens (including phenoxy) is 1. The number of hydrogen-bond acceptors (Lipinski definition) is 2. The second-order valence-electron chi connectivity index (χ2n) is 6.42. The maximum absolute atomic E-state index is 10.9. The van der Waals surface area contributed by atoms with E-state index in [2.05, 4.69) is 13.8 Å². The molecule has 0 radical (unpaired) electrons. The molecule has 0 saturated heterocycles. The highest BCUT2D eigenvalue weighted by molar-refractivity contribution is 5.33. The molecule has 3 unspecified atom stereocenters. The maximum Gasteiger partial charge on any atom is 0.120 e. The second-order valence-corrected chi connectivity index (χ2v) is 6.42. The van der Waals surface area contributed by atoms with E-state index >= 15 is 0 Å². The monoisotopic (exact) mass is 262 g/mol. The maximum atomic E-state index is 10.9. The van der Waals surface area contributed by atoms with Crippen LogP contribution in [0.2, 0.25) is 0 Å². The Morgan fingerprint density at radius 1 is 1.26 bits per heavy atom. The van der Waals surface area contributed by atoms with Crippen molar-refractivity contribution in [2.75, 3.05) is 0 Å². The van der Waals surface area contributed by atoms with E-state index in [1.165, 1.54) is 0 Å². The van der Waals surface area contributed by atoms with Crippen LogP contribution in [0.25, 0.3) is 0 Å². The molecule has 1 aromatic rings. The first-order valence-electron chi connectivity index (χ1n) is 7.40. The Kier molecular flexibility index (Phi) is 4.19. The summed E-state index contributed by atoms with van der Waals surface area (Å²) in [6.07, 6.45) is 2.95. The summed E-state index contributed by atoms with van der Waals surface area (Å²) in [5.41, 5.74) is 0.326. The molecule has 0 bridgehead atoms. The van der Waals surface area contributed by atoms with Gasteiger partial charge in [-0.2, -0.15) is 0 Å². The molecule has 1 aromatic carbocycles. The fourth-order valence-electron chi connectivity index (χ4n) is 2.98. The molecule has 0 amide bonds. The average molecular weight is 262 g/mol. The first-order valence-corrected chi connectivity index (χ1v) is 7.40. The third-order valence-electron chi connectivity index (χ3n) is 4.39. The third-order valence-corrected chi connectivity index (χ3v) is 4.39. The summed E-state index contributed by atoms with van der Waals surface area (Å²) < 4.78 is 5.73. The molecule has 1 aliphatic rings. The first-order chi connectivity index (χ1) is 8.90. The third kappa shape index (κ3) is 3.30. The lowest BCUT2D eigenvalue weighted by Gasteiger charge is -2.39. The van der Waals surface area contributed by atoms with Gasteiger partial charge in [0.1, 0.15) is 5.75 Å². The molecule has 0 spiro atoms. The van der Waals surface area contributed by atoms with Crippen LogP contribution in [0.5, 0.6) is 5.75 Å². The zero-order valence-electron chi connectivity index (χ0n) is 12.5. The fourth-order valence-corrected chi connectivity index (χ4v) is 2.98. The number of rotatable bonds is 3. The van der Waals surface area contributed by atoms with Crippen LogP contribution in [-0.2, 0) is 5.60 Å². The van der Waals surface area contributed by atoms with Crippen LogP contribution in [0.4, 0.5) is 0 Å². The van der Waals surface area contributed by atoms with Crippen LogP contribution < -0.4 is 4.74 Å². The van der Waals surface area contributed by atoms with Gasteiger partial charge in [0.15, 0.2) is 0 Å². The number of aliphatic hydroxyl groups is 1. The molecule has 19 heavy (non-hydrogen) atoms. The molecule has 2 rings (SSSR count). The van der Waals surface area contributed by atoms with Crippen molar-refractivity contribution in [3.05, 3.63) is 29.8 Å². The quantitative estimate of drug-likeness (QED) is 0.888. The summed E-state index contributed by atoms with van der Waals surface area (Å²) in [5.74, 6) is 2.12. The van der Waals surface area contributed by atoms with Crippen molar-refractivity contribution in [2.45, 2.75) is 58.7 Å². The molecule has 0 aliphatic heterocycles. The van der Waals surface area contributed by atoms with Gasteiger partial charge in [0.25, 0.3) is 0 Å². The normalized spacial score (nSPS) is 31.5. The molecule has 1 N–H and O–H groups in total. The van der Waals surface area contributed by atoms with Gasteiger partial charge in [0.2, 0.25) is 0 Å². The molecule has 0 aromatic heterocycles. The first kappa shape index (κ1) is 14.4. The van der Waals surface area contributed by atoms with E-state index in [1.54, 1.807) is 0 Å². The van der Waals surface area contributed by atoms with Gasteiger partial charge in [-0.1, -0.05) is 26.0 Å². The predicted octanol–water partition coefficient (Wildman–Crippen LogP) is 4.12. The van der Waals surface area contributed by atoms with E-state index < -0.39 is 5.60 Å². The molecule has 3 atom stereocenters.